The molecular formula is C20H22N4O3. The van der Waals surface area contributed by atoms with E-state index in [4.69, 9.17) is 5.73 Å². The van der Waals surface area contributed by atoms with Crippen LogP contribution in [0.2, 0.25) is 0 Å². The van der Waals surface area contributed by atoms with Crippen molar-refractivity contribution in [1.82, 2.24) is 15.2 Å². The highest BCUT2D eigenvalue weighted by atomic mass is 16.2. The number of amides is 3. The summed E-state index contributed by atoms with van der Waals surface area (Å²) in [6, 6.07) is 14.0. The van der Waals surface area contributed by atoms with Gasteiger partial charge in [0, 0.05) is 25.6 Å². The molecule has 3 amide bonds. The van der Waals surface area contributed by atoms with E-state index in [2.05, 4.69) is 10.3 Å². The van der Waals surface area contributed by atoms with E-state index in [9.17, 15) is 14.4 Å². The molecule has 1 aromatic carbocycles. The summed E-state index contributed by atoms with van der Waals surface area (Å²) in [5, 5.41) is 2.70. The van der Waals surface area contributed by atoms with Gasteiger partial charge in [-0.25, -0.2) is 0 Å². The van der Waals surface area contributed by atoms with Crippen molar-refractivity contribution in [3.63, 3.8) is 0 Å². The molecule has 1 saturated heterocycles. The minimum atomic E-state index is -0.806. The lowest BCUT2D eigenvalue weighted by atomic mass is 10.0. The summed E-state index contributed by atoms with van der Waals surface area (Å²) in [5.41, 5.74) is 7.12. The van der Waals surface area contributed by atoms with Gasteiger partial charge in [0.05, 0.1) is 18.2 Å². The summed E-state index contributed by atoms with van der Waals surface area (Å²) in [5.74, 6) is -1.52. The van der Waals surface area contributed by atoms with Gasteiger partial charge in [-0.2, -0.15) is 0 Å². The number of hydrogen-bond donors (Lipinski definition) is 2. The number of primary amides is 1. The number of likely N-dealkylation sites (tertiary alicyclic amines) is 1. The van der Waals surface area contributed by atoms with Crippen molar-refractivity contribution in [3.05, 3.63) is 66.0 Å². The minimum absolute atomic E-state index is 0.0977. The molecule has 140 valence electrons. The molecule has 2 atom stereocenters. The number of pyridine rings is 1. The average molecular weight is 366 g/mol. The first-order valence-corrected chi connectivity index (χ1v) is 8.84. The third-order valence-electron chi connectivity index (χ3n) is 4.61. The van der Waals surface area contributed by atoms with Crippen LogP contribution in [-0.4, -0.2) is 40.2 Å². The zero-order valence-corrected chi connectivity index (χ0v) is 14.9. The maximum absolute atomic E-state index is 12.6. The fourth-order valence-corrected chi connectivity index (χ4v) is 3.15. The van der Waals surface area contributed by atoms with E-state index in [-0.39, 0.29) is 18.2 Å². The number of carbonyl (C=O) groups is 3. The topological polar surface area (TPSA) is 105 Å². The largest absolute Gasteiger partial charge is 0.368 e. The average Bonchev–Trinajstić information content (AvgIpc) is 3.03. The number of aromatic nitrogens is 1. The van der Waals surface area contributed by atoms with Gasteiger partial charge in [0.15, 0.2) is 0 Å². The van der Waals surface area contributed by atoms with Crippen molar-refractivity contribution in [2.75, 3.05) is 6.54 Å². The van der Waals surface area contributed by atoms with Crippen LogP contribution in [0.15, 0.2) is 54.7 Å². The highest BCUT2D eigenvalue weighted by Crippen LogP contribution is 2.20. The van der Waals surface area contributed by atoms with Gasteiger partial charge in [-0.1, -0.05) is 36.4 Å². The number of nitrogens with one attached hydrogen (secondary N) is 1. The monoisotopic (exact) mass is 366 g/mol. The van der Waals surface area contributed by atoms with Crippen molar-refractivity contribution in [3.8, 4) is 0 Å². The quantitative estimate of drug-likeness (QED) is 0.750. The fourth-order valence-electron chi connectivity index (χ4n) is 3.15. The van der Waals surface area contributed by atoms with Gasteiger partial charge in [-0.3, -0.25) is 19.4 Å². The van der Waals surface area contributed by atoms with E-state index in [0.717, 1.165) is 11.3 Å². The second kappa shape index (κ2) is 8.44. The van der Waals surface area contributed by atoms with E-state index in [1.165, 1.54) is 0 Å². The van der Waals surface area contributed by atoms with Crippen LogP contribution in [-0.2, 0) is 27.3 Å². The Morgan fingerprint density at radius 2 is 1.93 bits per heavy atom. The molecule has 27 heavy (non-hydrogen) atoms. The molecule has 0 spiro atoms. The standard InChI is InChI=1S/C20H22N4O3/c21-19(26)17(10-14-6-2-1-3-7-14)23-20(27)15-11-18(25)24(12-15)13-16-8-4-5-9-22-16/h1-9,15,17H,10-13H2,(H2,21,26)(H,23,27). The Hall–Kier alpha value is -3.22. The Morgan fingerprint density at radius 3 is 2.59 bits per heavy atom. The maximum Gasteiger partial charge on any atom is 0.240 e. The molecule has 2 unspecified atom stereocenters. The van der Waals surface area contributed by atoms with Crippen molar-refractivity contribution in [2.45, 2.75) is 25.4 Å². The smallest absolute Gasteiger partial charge is 0.240 e. The molecule has 3 rings (SSSR count). The minimum Gasteiger partial charge on any atom is -0.368 e. The molecule has 7 heteroatoms. The van der Waals surface area contributed by atoms with Crippen LogP contribution in [0.5, 0.6) is 0 Å². The van der Waals surface area contributed by atoms with Crippen LogP contribution < -0.4 is 11.1 Å². The van der Waals surface area contributed by atoms with Gasteiger partial charge in [0.1, 0.15) is 6.04 Å². The highest BCUT2D eigenvalue weighted by molar-refractivity contribution is 5.92. The molecule has 1 aliphatic rings. The Bertz CT molecular complexity index is 810. The number of benzene rings is 1. The van der Waals surface area contributed by atoms with Crippen LogP contribution in [0.1, 0.15) is 17.7 Å². The summed E-state index contributed by atoms with van der Waals surface area (Å²) >= 11 is 0. The van der Waals surface area contributed by atoms with Gasteiger partial charge in [-0.05, 0) is 17.7 Å². The van der Waals surface area contributed by atoms with E-state index in [0.29, 0.717) is 19.5 Å². The Labute approximate surface area is 157 Å². The molecule has 7 nitrogen and oxygen atoms in total. The molecule has 0 bridgehead atoms. The molecule has 0 radical (unpaired) electrons. The molecule has 0 aliphatic carbocycles. The van der Waals surface area contributed by atoms with E-state index < -0.39 is 17.9 Å². The molecule has 2 heterocycles. The number of carbonyl (C=O) groups excluding carboxylic acids is 3. The molecule has 0 saturated carbocycles. The van der Waals surface area contributed by atoms with E-state index >= 15 is 0 Å². The SMILES string of the molecule is NC(=O)C(Cc1ccccc1)NC(=O)C1CC(=O)N(Cc2ccccn2)C1. The number of hydrogen-bond acceptors (Lipinski definition) is 4. The Morgan fingerprint density at radius 1 is 1.19 bits per heavy atom. The Balaban J connectivity index is 1.59. The molecule has 2 aromatic rings. The molecule has 1 aromatic heterocycles. The molecule has 3 N–H and O–H groups in total. The highest BCUT2D eigenvalue weighted by Gasteiger charge is 2.35. The van der Waals surface area contributed by atoms with Crippen LogP contribution in [0.3, 0.4) is 0 Å². The lowest BCUT2D eigenvalue weighted by Crippen LogP contribution is -2.48. The maximum atomic E-state index is 12.6. The van der Waals surface area contributed by atoms with Crippen LogP contribution in [0, 0.1) is 5.92 Å². The van der Waals surface area contributed by atoms with Gasteiger partial charge >= 0.3 is 0 Å². The molecule has 1 fully saturated rings. The lowest BCUT2D eigenvalue weighted by molar-refractivity contribution is -0.130. The second-order valence-corrected chi connectivity index (χ2v) is 6.65. The second-order valence-electron chi connectivity index (χ2n) is 6.65. The van der Waals surface area contributed by atoms with E-state index in [1.807, 2.05) is 48.5 Å². The lowest BCUT2D eigenvalue weighted by Gasteiger charge is -2.19. The zero-order valence-electron chi connectivity index (χ0n) is 14.9. The van der Waals surface area contributed by atoms with Gasteiger partial charge < -0.3 is 16.0 Å². The van der Waals surface area contributed by atoms with Crippen molar-refractivity contribution in [1.29, 1.82) is 0 Å². The summed E-state index contributed by atoms with van der Waals surface area (Å²) in [7, 11) is 0. The summed E-state index contributed by atoms with van der Waals surface area (Å²) in [6.45, 7) is 0.671. The third-order valence-corrected chi connectivity index (χ3v) is 4.61. The Kier molecular flexibility index (Phi) is 5.80. The number of nitrogens with two attached hydrogens (primary N) is 1. The van der Waals surface area contributed by atoms with Crippen LogP contribution in [0.4, 0.5) is 0 Å². The van der Waals surface area contributed by atoms with Gasteiger partial charge in [0.25, 0.3) is 0 Å². The van der Waals surface area contributed by atoms with Crippen LogP contribution in [0.25, 0.3) is 0 Å². The number of nitrogens with zero attached hydrogens (tertiary/aromatic N) is 2. The predicted molar refractivity (Wildman–Crippen MR) is 99.0 cm³/mol. The molecular weight excluding hydrogens is 344 g/mol. The first kappa shape index (κ1) is 18.6. The summed E-state index contributed by atoms with van der Waals surface area (Å²) in [4.78, 5) is 42.4. The van der Waals surface area contributed by atoms with Gasteiger partial charge in [0.2, 0.25) is 17.7 Å². The van der Waals surface area contributed by atoms with Crippen molar-refractivity contribution in [2.24, 2.45) is 11.7 Å². The zero-order chi connectivity index (χ0) is 19.2. The summed E-state index contributed by atoms with van der Waals surface area (Å²) in [6.07, 6.45) is 2.11. The van der Waals surface area contributed by atoms with Crippen LogP contribution >= 0.6 is 0 Å². The van der Waals surface area contributed by atoms with Crippen molar-refractivity contribution < 1.29 is 14.4 Å². The fraction of sp³-hybridized carbons (Fsp3) is 0.300. The van der Waals surface area contributed by atoms with Crippen molar-refractivity contribution >= 4 is 17.7 Å². The first-order valence-electron chi connectivity index (χ1n) is 8.84. The van der Waals surface area contributed by atoms with Gasteiger partial charge in [-0.15, -0.1) is 0 Å². The normalized spacial score (nSPS) is 17.6. The first-order chi connectivity index (χ1) is 13.0. The molecule has 1 aliphatic heterocycles. The summed E-state index contributed by atoms with van der Waals surface area (Å²) < 4.78 is 0. The predicted octanol–water partition coefficient (Wildman–Crippen LogP) is 0.643. The van der Waals surface area contributed by atoms with E-state index in [1.54, 1.807) is 11.1 Å². The number of rotatable bonds is 7. The third kappa shape index (κ3) is 4.91.